The van der Waals surface area contributed by atoms with E-state index < -0.39 is 6.10 Å². The first-order chi connectivity index (χ1) is 11.6. The molecule has 2 heterocycles. The lowest BCUT2D eigenvalue weighted by molar-refractivity contribution is 0.111. The van der Waals surface area contributed by atoms with Gasteiger partial charge >= 0.3 is 0 Å². The molecule has 0 fully saturated rings. The van der Waals surface area contributed by atoms with Crippen LogP contribution in [0.15, 0.2) is 24.3 Å². The Morgan fingerprint density at radius 1 is 0.920 bits per heavy atom. The molecule has 2 aromatic rings. The van der Waals surface area contributed by atoms with E-state index in [1.165, 1.54) is 0 Å². The van der Waals surface area contributed by atoms with Crippen LogP contribution in [-0.2, 0) is 0 Å². The van der Waals surface area contributed by atoms with Crippen molar-refractivity contribution in [3.8, 4) is 0 Å². The van der Waals surface area contributed by atoms with E-state index in [-0.39, 0.29) is 0 Å². The minimum absolute atomic E-state index is 0.485. The average Bonchev–Trinajstić information content (AvgIpc) is 2.54. The number of aromatic nitrogens is 2. The maximum Gasteiger partial charge on any atom is 0.168 e. The van der Waals surface area contributed by atoms with Gasteiger partial charge in [0.25, 0.3) is 0 Å². The summed E-state index contributed by atoms with van der Waals surface area (Å²) in [7, 11) is 7.81. The zero-order chi connectivity index (χ0) is 19.1. The van der Waals surface area contributed by atoms with Crippen molar-refractivity contribution in [2.45, 2.75) is 26.9 Å². The van der Waals surface area contributed by atoms with Gasteiger partial charge in [-0.25, -0.2) is 0 Å². The highest BCUT2D eigenvalue weighted by Crippen LogP contribution is 2.18. The van der Waals surface area contributed by atoms with Crippen LogP contribution in [0.3, 0.4) is 0 Å². The molecule has 1 unspecified atom stereocenters. The van der Waals surface area contributed by atoms with Gasteiger partial charge in [0.05, 0.1) is 11.8 Å². The van der Waals surface area contributed by atoms with Crippen molar-refractivity contribution in [2.24, 2.45) is 0 Å². The topological polar surface area (TPSA) is 69.6 Å². The molecular weight excluding hydrogens is 316 g/mol. The van der Waals surface area contributed by atoms with Gasteiger partial charge in [-0.15, -0.1) is 0 Å². The second-order valence-corrected chi connectivity index (χ2v) is 6.37. The lowest BCUT2D eigenvalue weighted by Gasteiger charge is -2.15. The summed E-state index contributed by atoms with van der Waals surface area (Å²) in [5.41, 5.74) is 5.08. The van der Waals surface area contributed by atoms with E-state index in [2.05, 4.69) is 9.97 Å². The van der Waals surface area contributed by atoms with Gasteiger partial charge < -0.3 is 14.9 Å². The summed E-state index contributed by atoms with van der Waals surface area (Å²) in [6.07, 6.45) is 0.263. The number of carbonyl (C=O) groups excluding carboxylic acids is 1. The van der Waals surface area contributed by atoms with Crippen molar-refractivity contribution in [1.29, 1.82) is 0 Å². The number of pyridine rings is 2. The largest absolute Gasteiger partial charge is 0.387 e. The third-order valence-electron chi connectivity index (χ3n) is 3.50. The van der Waals surface area contributed by atoms with Crippen molar-refractivity contribution in [3.63, 3.8) is 0 Å². The van der Waals surface area contributed by atoms with Crippen LogP contribution in [0.4, 0.5) is 11.4 Å². The normalized spacial score (nSPS) is 11.2. The number of anilines is 2. The molecule has 6 nitrogen and oxygen atoms in total. The summed E-state index contributed by atoms with van der Waals surface area (Å²) in [5.74, 6) is 0. The molecule has 0 bridgehead atoms. The Morgan fingerprint density at radius 2 is 1.40 bits per heavy atom. The fourth-order valence-corrected chi connectivity index (χ4v) is 2.14. The second-order valence-electron chi connectivity index (χ2n) is 6.37. The Morgan fingerprint density at radius 3 is 1.84 bits per heavy atom. The third-order valence-corrected chi connectivity index (χ3v) is 3.50. The summed E-state index contributed by atoms with van der Waals surface area (Å²) in [5, 5.41) is 9.37. The number of aliphatic hydroxyl groups excluding tert-OH is 1. The summed E-state index contributed by atoms with van der Waals surface area (Å²) in [4.78, 5) is 22.7. The van der Waals surface area contributed by atoms with Gasteiger partial charge in [-0.1, -0.05) is 0 Å². The van der Waals surface area contributed by atoms with Gasteiger partial charge in [0.15, 0.2) is 6.29 Å². The van der Waals surface area contributed by atoms with Crippen LogP contribution in [-0.4, -0.2) is 49.6 Å². The molecule has 0 saturated carbocycles. The fraction of sp³-hybridized carbons (Fsp3) is 0.421. The van der Waals surface area contributed by atoms with Crippen LogP contribution < -0.4 is 9.80 Å². The Hall–Kier alpha value is -2.47. The molecule has 0 saturated heterocycles. The van der Waals surface area contributed by atoms with Crippen molar-refractivity contribution < 1.29 is 9.90 Å². The number of aliphatic hydroxyl groups is 1. The zero-order valence-corrected chi connectivity index (χ0v) is 16.1. The Kier molecular flexibility index (Phi) is 7.51. The Labute approximate surface area is 150 Å². The van der Waals surface area contributed by atoms with E-state index in [1.807, 2.05) is 70.0 Å². The van der Waals surface area contributed by atoms with E-state index >= 15 is 0 Å². The first-order valence-corrected chi connectivity index (χ1v) is 8.09. The van der Waals surface area contributed by atoms with Gasteiger partial charge in [-0.2, -0.15) is 0 Å². The molecule has 0 spiro atoms. The molecule has 0 aliphatic rings. The van der Waals surface area contributed by atoms with Gasteiger partial charge in [-0.3, -0.25) is 14.8 Å². The molecule has 25 heavy (non-hydrogen) atoms. The predicted molar refractivity (Wildman–Crippen MR) is 103 cm³/mol. The molecule has 136 valence electrons. The van der Waals surface area contributed by atoms with Crippen LogP contribution in [0.1, 0.15) is 40.6 Å². The first-order valence-electron chi connectivity index (χ1n) is 8.09. The highest BCUT2D eigenvalue weighted by Gasteiger charge is 2.06. The smallest absolute Gasteiger partial charge is 0.168 e. The lowest BCUT2D eigenvalue weighted by atomic mass is 10.2. The van der Waals surface area contributed by atoms with Crippen molar-refractivity contribution in [2.75, 3.05) is 38.0 Å². The zero-order valence-electron chi connectivity index (χ0n) is 16.1. The summed E-state index contributed by atoms with van der Waals surface area (Å²) >= 11 is 0. The van der Waals surface area contributed by atoms with Gasteiger partial charge in [0.1, 0.15) is 5.69 Å². The number of carbonyl (C=O) groups is 1. The lowest BCUT2D eigenvalue weighted by Crippen LogP contribution is -2.10. The minimum atomic E-state index is -0.501. The minimum Gasteiger partial charge on any atom is -0.387 e. The number of hydrogen-bond acceptors (Lipinski definition) is 6. The van der Waals surface area contributed by atoms with Crippen LogP contribution in [0, 0.1) is 13.8 Å². The first kappa shape index (κ1) is 20.6. The summed E-state index contributed by atoms with van der Waals surface area (Å²) in [6, 6.07) is 7.59. The monoisotopic (exact) mass is 344 g/mol. The molecule has 2 rings (SSSR count). The molecule has 0 radical (unpaired) electrons. The van der Waals surface area contributed by atoms with Crippen LogP contribution in [0.2, 0.25) is 0 Å². The molecule has 2 aromatic heterocycles. The molecule has 1 N–H and O–H groups in total. The maximum atomic E-state index is 10.5. The quantitative estimate of drug-likeness (QED) is 0.860. The Bertz CT molecular complexity index is 686. The maximum absolute atomic E-state index is 10.5. The number of aldehydes is 1. The molecule has 0 aliphatic carbocycles. The van der Waals surface area contributed by atoms with E-state index in [0.29, 0.717) is 5.69 Å². The van der Waals surface area contributed by atoms with E-state index in [1.54, 1.807) is 13.0 Å². The number of aryl methyl sites for hydroxylation is 2. The highest BCUT2D eigenvalue weighted by atomic mass is 16.3. The van der Waals surface area contributed by atoms with Crippen LogP contribution >= 0.6 is 0 Å². The van der Waals surface area contributed by atoms with E-state index in [4.69, 9.17) is 0 Å². The van der Waals surface area contributed by atoms with E-state index in [9.17, 15) is 9.90 Å². The van der Waals surface area contributed by atoms with Crippen molar-refractivity contribution >= 4 is 17.7 Å². The number of hydrogen-bond donors (Lipinski definition) is 1. The van der Waals surface area contributed by atoms with Crippen LogP contribution in [0.25, 0.3) is 0 Å². The van der Waals surface area contributed by atoms with E-state index in [0.717, 1.165) is 34.7 Å². The SMILES string of the molecule is Cc1cc(N(C)C)cc(C(C)O)n1.Cc1cc(N(C)C)cc(C=O)n1. The fourth-order valence-electron chi connectivity index (χ4n) is 2.14. The van der Waals surface area contributed by atoms with Gasteiger partial charge in [-0.05, 0) is 45.0 Å². The number of nitrogens with zero attached hydrogens (tertiary/aromatic N) is 4. The standard InChI is InChI=1S/C10H16N2O.C9H12N2O/c1-7-5-9(12(3)4)6-10(11-7)8(2)13;1-7-4-9(11(2)3)5-8(6-12)10-7/h5-6,8,13H,1-4H3;4-6H,1-3H3. The Balaban J connectivity index is 0.000000251. The van der Waals surface area contributed by atoms with Gasteiger partial charge in [0.2, 0.25) is 0 Å². The molecule has 0 aliphatic heterocycles. The summed E-state index contributed by atoms with van der Waals surface area (Å²) in [6.45, 7) is 5.53. The molecule has 6 heteroatoms. The number of rotatable bonds is 4. The predicted octanol–water partition coefficient (Wildman–Crippen LogP) is 2.78. The third kappa shape index (κ3) is 6.51. The van der Waals surface area contributed by atoms with Crippen LogP contribution in [0.5, 0.6) is 0 Å². The van der Waals surface area contributed by atoms with Crippen molar-refractivity contribution in [1.82, 2.24) is 9.97 Å². The molecular formula is C19H28N4O2. The summed E-state index contributed by atoms with van der Waals surface area (Å²) < 4.78 is 0. The molecule has 1 atom stereocenters. The molecule has 0 aromatic carbocycles. The molecule has 0 amide bonds. The highest BCUT2D eigenvalue weighted by molar-refractivity contribution is 5.74. The average molecular weight is 344 g/mol. The second kappa shape index (κ2) is 9.13. The van der Waals surface area contributed by atoms with Crippen molar-refractivity contribution in [3.05, 3.63) is 47.0 Å². The van der Waals surface area contributed by atoms with Gasteiger partial charge in [0, 0.05) is 51.0 Å².